The molecule has 1 amide bonds. The number of anilines is 2. The number of carbonyl (C=O) groups is 1. The zero-order valence-electron chi connectivity index (χ0n) is 19.1. The molecule has 4 rings (SSSR count). The van der Waals surface area contributed by atoms with Crippen LogP contribution < -0.4 is 24.8 Å². The third-order valence-electron chi connectivity index (χ3n) is 5.23. The maximum atomic E-state index is 12.4. The van der Waals surface area contributed by atoms with Crippen molar-refractivity contribution in [2.75, 3.05) is 43.6 Å². The van der Waals surface area contributed by atoms with Gasteiger partial charge in [0.1, 0.15) is 37.1 Å². The summed E-state index contributed by atoms with van der Waals surface area (Å²) in [6, 6.07) is 24.5. The van der Waals surface area contributed by atoms with Crippen molar-refractivity contribution in [3.63, 3.8) is 0 Å². The highest BCUT2D eigenvalue weighted by Gasteiger charge is 2.16. The van der Waals surface area contributed by atoms with Gasteiger partial charge in [-0.3, -0.25) is 4.79 Å². The third-order valence-corrected chi connectivity index (χ3v) is 5.23. The lowest BCUT2D eigenvalue weighted by Crippen LogP contribution is -2.21. The van der Waals surface area contributed by atoms with Gasteiger partial charge in [0.05, 0.1) is 12.6 Å². The minimum Gasteiger partial charge on any atom is -0.491 e. The highest BCUT2D eigenvalue weighted by Crippen LogP contribution is 2.20. The molecule has 0 saturated carbocycles. The smallest absolute Gasteiger partial charge is 0.243 e. The summed E-state index contributed by atoms with van der Waals surface area (Å²) in [5.74, 6) is 2.07. The molecule has 0 aliphatic carbocycles. The van der Waals surface area contributed by atoms with Crippen LogP contribution in [0.3, 0.4) is 0 Å². The first-order chi connectivity index (χ1) is 16.7. The molecule has 0 aromatic heterocycles. The van der Waals surface area contributed by atoms with Crippen LogP contribution in [0.4, 0.5) is 11.4 Å². The van der Waals surface area contributed by atoms with E-state index < -0.39 is 0 Å². The molecule has 34 heavy (non-hydrogen) atoms. The van der Waals surface area contributed by atoms with E-state index in [4.69, 9.17) is 18.9 Å². The van der Waals surface area contributed by atoms with Crippen molar-refractivity contribution in [3.8, 4) is 17.2 Å². The molecule has 1 atom stereocenters. The zero-order valence-corrected chi connectivity index (χ0v) is 19.1. The lowest BCUT2D eigenvalue weighted by molar-refractivity contribution is -0.114. The van der Waals surface area contributed by atoms with Gasteiger partial charge in [-0.15, -0.1) is 0 Å². The Bertz CT molecular complexity index is 1040. The quantitative estimate of drug-likeness (QED) is 0.378. The van der Waals surface area contributed by atoms with Crippen molar-refractivity contribution < 1.29 is 23.7 Å². The van der Waals surface area contributed by atoms with Crippen LogP contribution >= 0.6 is 0 Å². The molecule has 1 saturated heterocycles. The fourth-order valence-electron chi connectivity index (χ4n) is 3.55. The summed E-state index contributed by atoms with van der Waals surface area (Å²) < 4.78 is 22.8. The molecule has 1 unspecified atom stereocenters. The van der Waals surface area contributed by atoms with Gasteiger partial charge in [-0.25, -0.2) is 0 Å². The number of benzene rings is 3. The number of ether oxygens (including phenoxy) is 4. The predicted molar refractivity (Wildman–Crippen MR) is 132 cm³/mol. The standard InChI is InChI=1S/C27H30N2O5/c30-27(19-28-21-7-4-12-25(17-21)34-20-26-13-6-14-31-26)29-22-8-5-11-24(18-22)33-16-15-32-23-9-2-1-3-10-23/h1-5,7-12,17-18,26,28H,6,13-16,19-20H2,(H,29,30). The minimum absolute atomic E-state index is 0.130. The molecule has 0 bridgehead atoms. The lowest BCUT2D eigenvalue weighted by atomic mass is 10.2. The highest BCUT2D eigenvalue weighted by atomic mass is 16.5. The second kappa shape index (κ2) is 12.5. The molecule has 0 radical (unpaired) electrons. The molecule has 1 fully saturated rings. The first kappa shape index (κ1) is 23.4. The normalized spacial score (nSPS) is 14.9. The molecule has 1 heterocycles. The lowest BCUT2D eigenvalue weighted by Gasteiger charge is -2.13. The maximum Gasteiger partial charge on any atom is 0.243 e. The number of amides is 1. The summed E-state index contributed by atoms with van der Waals surface area (Å²) in [5, 5.41) is 6.02. The SMILES string of the molecule is O=C(CNc1cccc(OCC2CCCO2)c1)Nc1cccc(OCCOc2ccccc2)c1. The van der Waals surface area contributed by atoms with Crippen LogP contribution in [0.2, 0.25) is 0 Å². The van der Waals surface area contributed by atoms with Crippen LogP contribution in [-0.2, 0) is 9.53 Å². The number of nitrogens with one attached hydrogen (secondary N) is 2. The number of rotatable bonds is 12. The largest absolute Gasteiger partial charge is 0.491 e. The molecule has 178 valence electrons. The summed E-state index contributed by atoms with van der Waals surface area (Å²) in [6.45, 7) is 2.31. The first-order valence-electron chi connectivity index (χ1n) is 11.5. The monoisotopic (exact) mass is 462 g/mol. The van der Waals surface area contributed by atoms with Gasteiger partial charge in [-0.1, -0.05) is 30.3 Å². The van der Waals surface area contributed by atoms with Gasteiger partial charge in [0.15, 0.2) is 0 Å². The van der Waals surface area contributed by atoms with Gasteiger partial charge in [0, 0.05) is 30.1 Å². The topological polar surface area (TPSA) is 78.1 Å². The molecule has 3 aromatic rings. The molecular formula is C27H30N2O5. The average Bonchev–Trinajstić information content (AvgIpc) is 3.39. The molecule has 7 nitrogen and oxygen atoms in total. The fourth-order valence-corrected chi connectivity index (χ4v) is 3.55. The Morgan fingerprint density at radius 3 is 2.26 bits per heavy atom. The van der Waals surface area contributed by atoms with Crippen LogP contribution in [0.5, 0.6) is 17.2 Å². The number of hydrogen-bond acceptors (Lipinski definition) is 6. The Labute approximate surface area is 200 Å². The van der Waals surface area contributed by atoms with Crippen molar-refractivity contribution in [3.05, 3.63) is 78.9 Å². The van der Waals surface area contributed by atoms with Gasteiger partial charge in [-0.2, -0.15) is 0 Å². The Hall–Kier alpha value is -3.71. The Balaban J connectivity index is 1.18. The molecule has 1 aliphatic rings. The Morgan fingerprint density at radius 1 is 0.824 bits per heavy atom. The average molecular weight is 463 g/mol. The van der Waals surface area contributed by atoms with Crippen molar-refractivity contribution in [2.45, 2.75) is 18.9 Å². The third kappa shape index (κ3) is 7.71. The second-order valence-electron chi connectivity index (χ2n) is 7.91. The molecule has 1 aliphatic heterocycles. The van der Waals surface area contributed by atoms with Gasteiger partial charge >= 0.3 is 0 Å². The van der Waals surface area contributed by atoms with Crippen molar-refractivity contribution >= 4 is 17.3 Å². The van der Waals surface area contributed by atoms with Crippen molar-refractivity contribution in [1.82, 2.24) is 0 Å². The Morgan fingerprint density at radius 2 is 1.50 bits per heavy atom. The van der Waals surface area contributed by atoms with Crippen LogP contribution in [0.15, 0.2) is 78.9 Å². The predicted octanol–water partition coefficient (Wildman–Crippen LogP) is 4.75. The molecule has 0 spiro atoms. The van der Waals surface area contributed by atoms with E-state index >= 15 is 0 Å². The maximum absolute atomic E-state index is 12.4. The van der Waals surface area contributed by atoms with E-state index in [2.05, 4.69) is 10.6 Å². The van der Waals surface area contributed by atoms with Gasteiger partial charge < -0.3 is 29.6 Å². The van der Waals surface area contributed by atoms with Crippen molar-refractivity contribution in [1.29, 1.82) is 0 Å². The van der Waals surface area contributed by atoms with Crippen LogP contribution in [0.1, 0.15) is 12.8 Å². The zero-order chi connectivity index (χ0) is 23.4. The summed E-state index contributed by atoms with van der Waals surface area (Å²) in [5.41, 5.74) is 1.48. The van der Waals surface area contributed by atoms with E-state index in [0.29, 0.717) is 31.3 Å². The second-order valence-corrected chi connectivity index (χ2v) is 7.91. The molecular weight excluding hydrogens is 432 g/mol. The fraction of sp³-hybridized carbons (Fsp3) is 0.296. The van der Waals surface area contributed by atoms with Crippen molar-refractivity contribution in [2.24, 2.45) is 0 Å². The van der Waals surface area contributed by atoms with E-state index in [0.717, 1.165) is 36.6 Å². The summed E-state index contributed by atoms with van der Waals surface area (Å²) in [6.07, 6.45) is 2.28. The van der Waals surface area contributed by atoms with Crippen LogP contribution in [0, 0.1) is 0 Å². The van der Waals surface area contributed by atoms with E-state index in [9.17, 15) is 4.79 Å². The molecule has 7 heteroatoms. The summed E-state index contributed by atoms with van der Waals surface area (Å²) in [7, 11) is 0. The molecule has 3 aromatic carbocycles. The van der Waals surface area contributed by atoms with Gasteiger partial charge in [0.25, 0.3) is 0 Å². The van der Waals surface area contributed by atoms with E-state index in [1.54, 1.807) is 6.07 Å². The molecule has 2 N–H and O–H groups in total. The van der Waals surface area contributed by atoms with E-state index in [1.165, 1.54) is 0 Å². The van der Waals surface area contributed by atoms with Crippen LogP contribution in [0.25, 0.3) is 0 Å². The number of hydrogen-bond donors (Lipinski definition) is 2. The summed E-state index contributed by atoms with van der Waals surface area (Å²) in [4.78, 5) is 12.4. The number of carbonyl (C=O) groups excluding carboxylic acids is 1. The van der Waals surface area contributed by atoms with Gasteiger partial charge in [0.2, 0.25) is 5.91 Å². The van der Waals surface area contributed by atoms with E-state index in [1.807, 2.05) is 72.8 Å². The number of para-hydroxylation sites is 1. The van der Waals surface area contributed by atoms with Gasteiger partial charge in [-0.05, 0) is 49.2 Å². The minimum atomic E-state index is -0.157. The highest BCUT2D eigenvalue weighted by molar-refractivity contribution is 5.93. The van der Waals surface area contributed by atoms with E-state index in [-0.39, 0.29) is 18.6 Å². The van der Waals surface area contributed by atoms with Crippen LogP contribution in [-0.4, -0.2) is 45.0 Å². The Kier molecular flexibility index (Phi) is 8.63. The summed E-state index contributed by atoms with van der Waals surface area (Å²) >= 11 is 0. The first-order valence-corrected chi connectivity index (χ1v) is 11.5.